The maximum absolute atomic E-state index is 12.2. The first-order chi connectivity index (χ1) is 10.9. The lowest BCUT2D eigenvalue weighted by Gasteiger charge is -2.26. The summed E-state index contributed by atoms with van der Waals surface area (Å²) in [6, 6.07) is 9.95. The highest BCUT2D eigenvalue weighted by Gasteiger charge is 2.25. The molecule has 1 fully saturated rings. The molecule has 5 nitrogen and oxygen atoms in total. The van der Waals surface area contributed by atoms with Crippen LogP contribution in [0.15, 0.2) is 24.3 Å². The summed E-state index contributed by atoms with van der Waals surface area (Å²) in [6.07, 6.45) is 2.57. The number of carbonyl (C=O) groups excluding carboxylic acids is 1. The van der Waals surface area contributed by atoms with Gasteiger partial charge in [0.15, 0.2) is 0 Å². The summed E-state index contributed by atoms with van der Waals surface area (Å²) in [6.45, 7) is 7.07. The van der Waals surface area contributed by atoms with Crippen molar-refractivity contribution in [2.45, 2.75) is 51.7 Å². The summed E-state index contributed by atoms with van der Waals surface area (Å²) >= 11 is 0. The molecule has 1 aliphatic rings. The van der Waals surface area contributed by atoms with Crippen LogP contribution in [0.3, 0.4) is 0 Å². The van der Waals surface area contributed by atoms with Crippen LogP contribution in [0.1, 0.15) is 45.6 Å². The highest BCUT2D eigenvalue weighted by Crippen LogP contribution is 2.19. The minimum atomic E-state index is -0.460. The van der Waals surface area contributed by atoms with Gasteiger partial charge in [0.2, 0.25) is 0 Å². The van der Waals surface area contributed by atoms with Gasteiger partial charge in [0.05, 0.1) is 11.6 Å². The van der Waals surface area contributed by atoms with Crippen molar-refractivity contribution in [1.29, 1.82) is 5.26 Å². The van der Waals surface area contributed by atoms with Gasteiger partial charge in [0.1, 0.15) is 5.60 Å². The number of hydrogen-bond acceptors (Lipinski definition) is 4. The molecule has 1 heterocycles. The van der Waals surface area contributed by atoms with Crippen molar-refractivity contribution in [3.05, 3.63) is 29.8 Å². The van der Waals surface area contributed by atoms with Crippen LogP contribution in [0.5, 0.6) is 0 Å². The molecule has 0 bridgehead atoms. The van der Waals surface area contributed by atoms with Crippen molar-refractivity contribution < 1.29 is 9.53 Å². The summed E-state index contributed by atoms with van der Waals surface area (Å²) < 4.78 is 5.45. The zero-order chi connectivity index (χ0) is 16.9. The molecule has 2 rings (SSSR count). The largest absolute Gasteiger partial charge is 0.444 e. The molecule has 1 saturated heterocycles. The Bertz CT molecular complexity index is 587. The standard InChI is InChI=1S/C18H25N3O2/c1-18(2,3)23-17(22)21-10-5-8-15(9-11-21)20-16-7-4-6-14(12-16)13-19/h4,6-7,12,15,20H,5,8-11H2,1-3H3. The number of carbonyl (C=O) groups is 1. The number of nitriles is 1. The van der Waals surface area contributed by atoms with Crippen molar-refractivity contribution in [2.75, 3.05) is 18.4 Å². The van der Waals surface area contributed by atoms with E-state index in [0.29, 0.717) is 18.2 Å². The molecule has 0 aromatic heterocycles. The predicted octanol–water partition coefficient (Wildman–Crippen LogP) is 3.76. The predicted molar refractivity (Wildman–Crippen MR) is 90.2 cm³/mol. The molecule has 0 saturated carbocycles. The number of amides is 1. The second kappa shape index (κ2) is 7.36. The van der Waals surface area contributed by atoms with Crippen molar-refractivity contribution in [1.82, 2.24) is 4.90 Å². The monoisotopic (exact) mass is 315 g/mol. The molecule has 1 unspecified atom stereocenters. The molecule has 124 valence electrons. The van der Waals surface area contributed by atoms with E-state index >= 15 is 0 Å². The number of hydrogen-bond donors (Lipinski definition) is 1. The molecule has 0 aliphatic carbocycles. The van der Waals surface area contributed by atoms with Crippen LogP contribution >= 0.6 is 0 Å². The average Bonchev–Trinajstić information content (AvgIpc) is 2.71. The Kier molecular flexibility index (Phi) is 5.49. The normalized spacial score (nSPS) is 18.7. The van der Waals surface area contributed by atoms with Gasteiger partial charge in [0, 0.05) is 24.8 Å². The zero-order valence-corrected chi connectivity index (χ0v) is 14.1. The molecule has 0 radical (unpaired) electrons. The second-order valence-corrected chi connectivity index (χ2v) is 6.93. The number of likely N-dealkylation sites (tertiary alicyclic amines) is 1. The lowest BCUT2D eigenvalue weighted by molar-refractivity contribution is 0.0256. The molecule has 23 heavy (non-hydrogen) atoms. The van der Waals surface area contributed by atoms with E-state index in [0.717, 1.165) is 31.5 Å². The van der Waals surface area contributed by atoms with Crippen LogP contribution in [0.25, 0.3) is 0 Å². The Hall–Kier alpha value is -2.22. The molecule has 1 aliphatic heterocycles. The van der Waals surface area contributed by atoms with Gasteiger partial charge in [0.25, 0.3) is 0 Å². The van der Waals surface area contributed by atoms with Gasteiger partial charge in [-0.3, -0.25) is 0 Å². The third kappa shape index (κ3) is 5.48. The third-order valence-corrected chi connectivity index (χ3v) is 3.74. The van der Waals surface area contributed by atoms with Gasteiger partial charge >= 0.3 is 6.09 Å². The summed E-state index contributed by atoms with van der Waals surface area (Å²) in [4.78, 5) is 14.0. The van der Waals surface area contributed by atoms with E-state index in [1.54, 1.807) is 11.0 Å². The Morgan fingerprint density at radius 3 is 2.83 bits per heavy atom. The molecule has 1 N–H and O–H groups in total. The fourth-order valence-electron chi connectivity index (χ4n) is 2.66. The number of nitrogens with zero attached hydrogens (tertiary/aromatic N) is 2. The highest BCUT2D eigenvalue weighted by molar-refractivity contribution is 5.68. The molecular weight excluding hydrogens is 290 g/mol. The molecule has 0 spiro atoms. The molecule has 1 aromatic carbocycles. The van der Waals surface area contributed by atoms with Crippen LogP contribution in [-0.2, 0) is 4.74 Å². The molecular formula is C18H25N3O2. The van der Waals surface area contributed by atoms with Gasteiger partial charge < -0.3 is 15.0 Å². The number of benzene rings is 1. The highest BCUT2D eigenvalue weighted by atomic mass is 16.6. The van der Waals surface area contributed by atoms with Crippen molar-refractivity contribution >= 4 is 11.8 Å². The van der Waals surface area contributed by atoms with E-state index in [2.05, 4.69) is 11.4 Å². The van der Waals surface area contributed by atoms with E-state index < -0.39 is 5.60 Å². The average molecular weight is 315 g/mol. The van der Waals surface area contributed by atoms with Crippen LogP contribution in [0.4, 0.5) is 10.5 Å². The van der Waals surface area contributed by atoms with Crippen molar-refractivity contribution in [3.8, 4) is 6.07 Å². The molecule has 5 heteroatoms. The summed E-state index contributed by atoms with van der Waals surface area (Å²) in [7, 11) is 0. The van der Waals surface area contributed by atoms with Crippen LogP contribution in [0, 0.1) is 11.3 Å². The fraction of sp³-hybridized carbons (Fsp3) is 0.556. The van der Waals surface area contributed by atoms with Gasteiger partial charge in [-0.1, -0.05) is 6.07 Å². The second-order valence-electron chi connectivity index (χ2n) is 6.93. The van der Waals surface area contributed by atoms with E-state index in [1.807, 2.05) is 39.0 Å². The maximum Gasteiger partial charge on any atom is 0.410 e. The van der Waals surface area contributed by atoms with Crippen LogP contribution < -0.4 is 5.32 Å². The zero-order valence-electron chi connectivity index (χ0n) is 14.1. The maximum atomic E-state index is 12.2. The van der Waals surface area contributed by atoms with E-state index in [4.69, 9.17) is 10.00 Å². The Morgan fingerprint density at radius 2 is 2.13 bits per heavy atom. The number of anilines is 1. The summed E-state index contributed by atoms with van der Waals surface area (Å²) in [5, 5.41) is 12.4. The van der Waals surface area contributed by atoms with E-state index in [-0.39, 0.29) is 6.09 Å². The number of rotatable bonds is 2. The van der Waals surface area contributed by atoms with Gasteiger partial charge in [-0.15, -0.1) is 0 Å². The lowest BCUT2D eigenvalue weighted by Crippen LogP contribution is -2.37. The SMILES string of the molecule is CC(C)(C)OC(=O)N1CCCC(Nc2cccc(C#N)c2)CC1. The van der Waals surface area contributed by atoms with E-state index in [1.165, 1.54) is 0 Å². The van der Waals surface area contributed by atoms with Crippen LogP contribution in [-0.4, -0.2) is 35.7 Å². The minimum Gasteiger partial charge on any atom is -0.444 e. The number of ether oxygens (including phenoxy) is 1. The topological polar surface area (TPSA) is 65.4 Å². The van der Waals surface area contributed by atoms with E-state index in [9.17, 15) is 4.79 Å². The molecule has 1 atom stereocenters. The quantitative estimate of drug-likeness (QED) is 0.902. The Morgan fingerprint density at radius 1 is 1.35 bits per heavy atom. The molecule has 1 amide bonds. The van der Waals surface area contributed by atoms with Crippen LogP contribution in [0.2, 0.25) is 0 Å². The van der Waals surface area contributed by atoms with Gasteiger partial charge in [-0.25, -0.2) is 4.79 Å². The first-order valence-corrected chi connectivity index (χ1v) is 8.12. The first-order valence-electron chi connectivity index (χ1n) is 8.12. The smallest absolute Gasteiger partial charge is 0.410 e. The van der Waals surface area contributed by atoms with Gasteiger partial charge in [-0.2, -0.15) is 5.26 Å². The summed E-state index contributed by atoms with van der Waals surface area (Å²) in [5.74, 6) is 0. The lowest BCUT2D eigenvalue weighted by atomic mass is 10.1. The minimum absolute atomic E-state index is 0.232. The first kappa shape index (κ1) is 17.1. The van der Waals surface area contributed by atoms with Crippen molar-refractivity contribution in [3.63, 3.8) is 0 Å². The Balaban J connectivity index is 1.91. The third-order valence-electron chi connectivity index (χ3n) is 3.74. The summed E-state index contributed by atoms with van der Waals surface area (Å²) in [5.41, 5.74) is 1.15. The van der Waals surface area contributed by atoms with Gasteiger partial charge in [-0.05, 0) is 58.2 Å². The van der Waals surface area contributed by atoms with Crippen molar-refractivity contribution in [2.24, 2.45) is 0 Å². The fourth-order valence-corrected chi connectivity index (χ4v) is 2.66. The number of nitrogens with one attached hydrogen (secondary N) is 1. The molecule has 1 aromatic rings. The Labute approximate surface area is 138 Å².